The van der Waals surface area contributed by atoms with Gasteiger partial charge in [0.2, 0.25) is 5.69 Å². The number of aliphatic imine (C=N–C) groups is 1. The van der Waals surface area contributed by atoms with Gasteiger partial charge in [0.15, 0.2) is 12.0 Å². The van der Waals surface area contributed by atoms with Crippen LogP contribution >= 0.6 is 11.6 Å². The van der Waals surface area contributed by atoms with Crippen molar-refractivity contribution in [3.8, 4) is 16.8 Å². The van der Waals surface area contributed by atoms with Crippen molar-refractivity contribution in [2.24, 2.45) is 10.9 Å². The Labute approximate surface area is 224 Å². The predicted molar refractivity (Wildman–Crippen MR) is 145 cm³/mol. The maximum Gasteiger partial charge on any atom is 0.201 e. The van der Waals surface area contributed by atoms with E-state index in [2.05, 4.69) is 15.5 Å². The lowest BCUT2D eigenvalue weighted by Gasteiger charge is -2.18. The van der Waals surface area contributed by atoms with Gasteiger partial charge in [-0.1, -0.05) is 48.7 Å². The van der Waals surface area contributed by atoms with E-state index in [0.717, 1.165) is 44.8 Å². The molecule has 9 heteroatoms. The Hall–Kier alpha value is -4.17. The van der Waals surface area contributed by atoms with Gasteiger partial charge in [0, 0.05) is 46.1 Å². The number of allylic oxidation sites excluding steroid dienone is 1. The van der Waals surface area contributed by atoms with E-state index in [1.165, 1.54) is 19.2 Å². The molecule has 1 unspecified atom stereocenters. The molecule has 2 aromatic carbocycles. The van der Waals surface area contributed by atoms with Crippen LogP contribution < -0.4 is 4.73 Å². The standard InChI is InChI=1S/C29H25ClN6O2/c1-18(37)20-4-6-21(7-5-20)23-13-27(31-15-23)26(12-19-2-3-19)29-10-8-22(16-36(29)38)25-14-24(30)9-11-28(25)35-17-32-33-34-35/h4-11,14-17,19,26H,2-3,12-13H2,1H3. The van der Waals surface area contributed by atoms with Crippen molar-refractivity contribution in [1.82, 2.24) is 20.2 Å². The van der Waals surface area contributed by atoms with Crippen LogP contribution in [-0.2, 0) is 0 Å². The number of nitrogens with zero attached hydrogens (tertiary/aromatic N) is 6. The molecule has 1 aliphatic carbocycles. The second-order valence-electron chi connectivity index (χ2n) is 9.90. The Kier molecular flexibility index (Phi) is 6.33. The van der Waals surface area contributed by atoms with E-state index in [0.29, 0.717) is 28.6 Å². The first-order chi connectivity index (χ1) is 18.5. The molecule has 1 aliphatic heterocycles. The topological polar surface area (TPSA) is 100.0 Å². The number of hydrogen-bond donors (Lipinski definition) is 0. The number of hydrogen-bond acceptors (Lipinski definition) is 6. The summed E-state index contributed by atoms with van der Waals surface area (Å²) in [6.07, 6.45) is 8.95. The Morgan fingerprint density at radius 3 is 2.61 bits per heavy atom. The summed E-state index contributed by atoms with van der Waals surface area (Å²) in [4.78, 5) is 16.4. The molecule has 1 fully saturated rings. The normalized spacial score (nSPS) is 15.7. The zero-order valence-corrected chi connectivity index (χ0v) is 21.5. The fourth-order valence-electron chi connectivity index (χ4n) is 5.00. The molecular weight excluding hydrogens is 500 g/mol. The molecule has 0 bridgehead atoms. The van der Waals surface area contributed by atoms with Gasteiger partial charge in [0.25, 0.3) is 0 Å². The quantitative estimate of drug-likeness (QED) is 0.170. The summed E-state index contributed by atoms with van der Waals surface area (Å²) in [5.41, 5.74) is 6.72. The smallest absolute Gasteiger partial charge is 0.201 e. The number of carbonyl (C=O) groups excluding carboxylic acids is 1. The van der Waals surface area contributed by atoms with Crippen LogP contribution in [-0.4, -0.2) is 31.7 Å². The summed E-state index contributed by atoms with van der Waals surface area (Å²) in [7, 11) is 0. The fraction of sp³-hybridized carbons (Fsp3) is 0.241. The first-order valence-electron chi connectivity index (χ1n) is 12.6. The molecule has 2 aliphatic rings. The van der Waals surface area contributed by atoms with Gasteiger partial charge in [-0.25, -0.2) is 0 Å². The molecule has 190 valence electrons. The third kappa shape index (κ3) is 4.87. The van der Waals surface area contributed by atoms with E-state index >= 15 is 0 Å². The van der Waals surface area contributed by atoms with E-state index in [1.54, 1.807) is 23.9 Å². The van der Waals surface area contributed by atoms with E-state index in [9.17, 15) is 10.0 Å². The van der Waals surface area contributed by atoms with Crippen molar-refractivity contribution >= 4 is 28.7 Å². The third-order valence-corrected chi connectivity index (χ3v) is 7.49. The molecule has 0 radical (unpaired) electrons. The van der Waals surface area contributed by atoms with Gasteiger partial charge in [-0.3, -0.25) is 9.79 Å². The largest absolute Gasteiger partial charge is 0.618 e. The molecule has 3 heterocycles. The van der Waals surface area contributed by atoms with Gasteiger partial charge >= 0.3 is 0 Å². The SMILES string of the molecule is CC(=O)c1ccc(C2=CN=C(C(CC3CC3)c3ccc(-c4cc(Cl)ccc4-n4cnnn4)c[n+]3[O-])C2)cc1. The fourth-order valence-corrected chi connectivity index (χ4v) is 5.18. The third-order valence-electron chi connectivity index (χ3n) is 7.26. The van der Waals surface area contributed by atoms with Crippen LogP contribution in [0.1, 0.15) is 60.1 Å². The lowest BCUT2D eigenvalue weighted by atomic mass is 9.88. The number of pyridine rings is 1. The Balaban J connectivity index is 1.29. The lowest BCUT2D eigenvalue weighted by Crippen LogP contribution is -2.35. The Morgan fingerprint density at radius 2 is 1.92 bits per heavy atom. The monoisotopic (exact) mass is 524 g/mol. The Morgan fingerprint density at radius 1 is 1.13 bits per heavy atom. The minimum absolute atomic E-state index is 0.0460. The van der Waals surface area contributed by atoms with Crippen LogP contribution in [0.5, 0.6) is 0 Å². The number of benzene rings is 2. The summed E-state index contributed by atoms with van der Waals surface area (Å²) < 4.78 is 2.52. The predicted octanol–water partition coefficient (Wildman–Crippen LogP) is 5.59. The number of Topliss-reactive ketones (excluding diaryl/α,β-unsaturated/α-hetero) is 1. The van der Waals surface area contributed by atoms with Gasteiger partial charge in [-0.05, 0) is 65.1 Å². The molecule has 0 saturated heterocycles. The lowest BCUT2D eigenvalue weighted by molar-refractivity contribution is -0.614. The van der Waals surface area contributed by atoms with Gasteiger partial charge in [-0.15, -0.1) is 5.10 Å². The van der Waals surface area contributed by atoms with Gasteiger partial charge in [0.05, 0.1) is 11.6 Å². The van der Waals surface area contributed by atoms with Crippen LogP contribution in [0.3, 0.4) is 0 Å². The summed E-state index contributed by atoms with van der Waals surface area (Å²) >= 11 is 6.30. The maximum absolute atomic E-state index is 13.5. The van der Waals surface area contributed by atoms with Crippen LogP contribution in [0.25, 0.3) is 22.4 Å². The zero-order chi connectivity index (χ0) is 26.2. The molecular formula is C29H25ClN6O2. The average Bonchev–Trinajstić information content (AvgIpc) is 3.36. The average molecular weight is 525 g/mol. The number of halogens is 1. The molecule has 1 saturated carbocycles. The zero-order valence-electron chi connectivity index (χ0n) is 20.8. The summed E-state index contributed by atoms with van der Waals surface area (Å²) in [6.45, 7) is 1.57. The second-order valence-corrected chi connectivity index (χ2v) is 10.3. The molecule has 1 atom stereocenters. The van der Waals surface area contributed by atoms with Crippen molar-refractivity contribution in [2.45, 2.75) is 38.5 Å². The second kappa shape index (κ2) is 9.95. The first kappa shape index (κ1) is 24.2. The highest BCUT2D eigenvalue weighted by Crippen LogP contribution is 2.41. The summed E-state index contributed by atoms with van der Waals surface area (Å²) in [6, 6.07) is 16.9. The van der Waals surface area contributed by atoms with Crippen LogP contribution in [0, 0.1) is 11.1 Å². The van der Waals surface area contributed by atoms with Crippen molar-refractivity contribution in [2.75, 3.05) is 0 Å². The van der Waals surface area contributed by atoms with E-state index in [-0.39, 0.29) is 11.7 Å². The van der Waals surface area contributed by atoms with Crippen molar-refractivity contribution in [3.63, 3.8) is 0 Å². The number of tetrazole rings is 1. The van der Waals surface area contributed by atoms with Crippen molar-refractivity contribution in [3.05, 3.63) is 100 Å². The minimum atomic E-state index is -0.0716. The van der Waals surface area contributed by atoms with Crippen LogP contribution in [0.15, 0.2) is 78.3 Å². The van der Waals surface area contributed by atoms with E-state index in [1.807, 2.05) is 54.7 Å². The molecule has 0 spiro atoms. The van der Waals surface area contributed by atoms with Crippen molar-refractivity contribution in [1.29, 1.82) is 0 Å². The summed E-state index contributed by atoms with van der Waals surface area (Å²) in [5, 5.41) is 25.5. The first-order valence-corrected chi connectivity index (χ1v) is 13.0. The highest BCUT2D eigenvalue weighted by atomic mass is 35.5. The molecule has 0 amide bonds. The number of aromatic nitrogens is 5. The maximum atomic E-state index is 13.5. The number of rotatable bonds is 8. The molecule has 38 heavy (non-hydrogen) atoms. The van der Waals surface area contributed by atoms with Crippen LogP contribution in [0.4, 0.5) is 0 Å². The van der Waals surface area contributed by atoms with Gasteiger partial charge in [0.1, 0.15) is 6.33 Å². The highest BCUT2D eigenvalue weighted by molar-refractivity contribution is 6.31. The van der Waals surface area contributed by atoms with Gasteiger partial charge in [-0.2, -0.15) is 9.41 Å². The molecule has 6 rings (SSSR count). The molecule has 2 aromatic heterocycles. The van der Waals surface area contributed by atoms with Crippen molar-refractivity contribution < 1.29 is 9.52 Å². The van der Waals surface area contributed by atoms with E-state index in [4.69, 9.17) is 16.6 Å². The molecule has 4 aromatic rings. The Bertz CT molecular complexity index is 1570. The molecule has 8 nitrogen and oxygen atoms in total. The number of carbonyl (C=O) groups is 1. The van der Waals surface area contributed by atoms with Gasteiger partial charge < -0.3 is 5.21 Å². The minimum Gasteiger partial charge on any atom is -0.618 e. The molecule has 0 N–H and O–H groups in total. The van der Waals surface area contributed by atoms with Crippen LogP contribution in [0.2, 0.25) is 5.02 Å². The summed E-state index contributed by atoms with van der Waals surface area (Å²) in [5.74, 6) is 0.586. The number of ketones is 1. The highest BCUT2D eigenvalue weighted by Gasteiger charge is 2.34. The van der Waals surface area contributed by atoms with E-state index < -0.39 is 0 Å².